The van der Waals surface area contributed by atoms with Gasteiger partial charge in [0, 0.05) is 24.6 Å². The van der Waals surface area contributed by atoms with Crippen LogP contribution in [0.25, 0.3) is 0 Å². The Balaban J connectivity index is 1.33. The van der Waals surface area contributed by atoms with Crippen molar-refractivity contribution in [2.45, 2.75) is 39.7 Å². The predicted octanol–water partition coefficient (Wildman–Crippen LogP) is 6.78. The highest BCUT2D eigenvalue weighted by Crippen LogP contribution is 2.27. The smallest absolute Gasteiger partial charge is 0.343 e. The van der Waals surface area contributed by atoms with Gasteiger partial charge in [-0.3, -0.25) is 4.79 Å². The van der Waals surface area contributed by atoms with Gasteiger partial charge >= 0.3 is 11.9 Å². The SMILES string of the molecule is Cc1ccccc1N(CCCOc1ccc(CC(Nc2ccccc2OC(=O)c2ccccc2)C(=O)O)cc1)C(=O)C(C)C. The first-order chi connectivity index (χ1) is 21.2. The van der Waals surface area contributed by atoms with E-state index in [2.05, 4.69) is 5.32 Å². The summed E-state index contributed by atoms with van der Waals surface area (Å²) in [6, 6.07) is 29.5. The van der Waals surface area contributed by atoms with E-state index in [1.807, 2.05) is 74.2 Å². The Kier molecular flexibility index (Phi) is 11.1. The van der Waals surface area contributed by atoms with E-state index in [0.717, 1.165) is 16.8 Å². The molecule has 4 aromatic carbocycles. The average molecular weight is 595 g/mol. The number of amides is 1. The summed E-state index contributed by atoms with van der Waals surface area (Å²) in [6.45, 7) is 6.75. The lowest BCUT2D eigenvalue weighted by atomic mass is 10.1. The van der Waals surface area contributed by atoms with E-state index in [0.29, 0.717) is 36.6 Å². The Hall–Kier alpha value is -5.11. The van der Waals surface area contributed by atoms with E-state index in [-0.39, 0.29) is 24.0 Å². The highest BCUT2D eigenvalue weighted by atomic mass is 16.5. The minimum Gasteiger partial charge on any atom is -0.494 e. The van der Waals surface area contributed by atoms with Gasteiger partial charge in [-0.15, -0.1) is 0 Å². The number of esters is 1. The van der Waals surface area contributed by atoms with Crippen LogP contribution in [0.15, 0.2) is 103 Å². The molecule has 0 radical (unpaired) electrons. The molecule has 0 aliphatic carbocycles. The van der Waals surface area contributed by atoms with Crippen LogP contribution in [0, 0.1) is 12.8 Å². The molecule has 8 heteroatoms. The zero-order valence-corrected chi connectivity index (χ0v) is 25.2. The molecule has 0 aliphatic rings. The normalized spacial score (nSPS) is 11.5. The lowest BCUT2D eigenvalue weighted by Gasteiger charge is -2.26. The fourth-order valence-electron chi connectivity index (χ4n) is 4.69. The van der Waals surface area contributed by atoms with Crippen LogP contribution in [0.1, 0.15) is 41.8 Å². The second-order valence-electron chi connectivity index (χ2n) is 10.8. The van der Waals surface area contributed by atoms with Crippen molar-refractivity contribution < 1.29 is 29.0 Å². The minimum absolute atomic E-state index is 0.0715. The third kappa shape index (κ3) is 8.70. The number of rotatable bonds is 14. The number of hydrogen-bond donors (Lipinski definition) is 2. The highest BCUT2D eigenvalue weighted by molar-refractivity contribution is 5.95. The second-order valence-corrected chi connectivity index (χ2v) is 10.8. The first kappa shape index (κ1) is 31.8. The molecule has 0 saturated carbocycles. The van der Waals surface area contributed by atoms with Gasteiger partial charge in [0.15, 0.2) is 5.75 Å². The predicted molar refractivity (Wildman–Crippen MR) is 172 cm³/mol. The number of para-hydroxylation sites is 3. The van der Waals surface area contributed by atoms with Gasteiger partial charge < -0.3 is 24.8 Å². The number of benzene rings is 4. The molecule has 0 aromatic heterocycles. The van der Waals surface area contributed by atoms with E-state index in [4.69, 9.17) is 9.47 Å². The van der Waals surface area contributed by atoms with Gasteiger partial charge in [0.2, 0.25) is 5.91 Å². The molecule has 8 nitrogen and oxygen atoms in total. The molecular weight excluding hydrogens is 556 g/mol. The molecular formula is C36H38N2O6. The van der Waals surface area contributed by atoms with Gasteiger partial charge in [-0.05, 0) is 66.9 Å². The maximum absolute atomic E-state index is 12.9. The van der Waals surface area contributed by atoms with Crippen LogP contribution in [0.5, 0.6) is 11.5 Å². The molecule has 2 N–H and O–H groups in total. The van der Waals surface area contributed by atoms with Gasteiger partial charge in [-0.1, -0.05) is 74.5 Å². The lowest BCUT2D eigenvalue weighted by molar-refractivity contribution is -0.137. The van der Waals surface area contributed by atoms with Gasteiger partial charge in [0.25, 0.3) is 0 Å². The van der Waals surface area contributed by atoms with Crippen LogP contribution < -0.4 is 19.7 Å². The summed E-state index contributed by atoms with van der Waals surface area (Å²) < 4.78 is 11.5. The number of carbonyl (C=O) groups is 3. The van der Waals surface area contributed by atoms with Crippen LogP contribution in [-0.4, -0.2) is 42.1 Å². The van der Waals surface area contributed by atoms with Crippen molar-refractivity contribution in [3.63, 3.8) is 0 Å². The number of carbonyl (C=O) groups excluding carboxylic acids is 2. The number of nitrogens with one attached hydrogen (secondary N) is 1. The monoisotopic (exact) mass is 594 g/mol. The van der Waals surface area contributed by atoms with Crippen LogP contribution in [0.2, 0.25) is 0 Å². The van der Waals surface area contributed by atoms with E-state index in [1.165, 1.54) is 0 Å². The highest BCUT2D eigenvalue weighted by Gasteiger charge is 2.22. The Morgan fingerprint density at radius 1 is 0.841 bits per heavy atom. The zero-order chi connectivity index (χ0) is 31.5. The summed E-state index contributed by atoms with van der Waals surface area (Å²) in [6.07, 6.45) is 0.840. The maximum Gasteiger partial charge on any atom is 0.343 e. The first-order valence-electron chi connectivity index (χ1n) is 14.7. The maximum atomic E-state index is 12.9. The number of aliphatic carboxylic acids is 1. The van der Waals surface area contributed by atoms with Crippen LogP contribution in [0.4, 0.5) is 11.4 Å². The van der Waals surface area contributed by atoms with Gasteiger partial charge in [-0.2, -0.15) is 0 Å². The fourth-order valence-corrected chi connectivity index (χ4v) is 4.69. The lowest BCUT2D eigenvalue weighted by Crippen LogP contribution is -2.36. The average Bonchev–Trinajstić information content (AvgIpc) is 3.03. The molecule has 1 amide bonds. The number of anilines is 2. The second kappa shape index (κ2) is 15.4. The quantitative estimate of drug-likeness (QED) is 0.0942. The molecule has 228 valence electrons. The number of nitrogens with zero attached hydrogens (tertiary/aromatic N) is 1. The third-order valence-corrected chi connectivity index (χ3v) is 7.05. The Labute approximate surface area is 258 Å². The first-order valence-corrected chi connectivity index (χ1v) is 14.7. The van der Waals surface area contributed by atoms with Gasteiger partial charge in [0.1, 0.15) is 11.8 Å². The van der Waals surface area contributed by atoms with Crippen molar-refractivity contribution in [2.24, 2.45) is 5.92 Å². The van der Waals surface area contributed by atoms with Crippen molar-refractivity contribution in [3.05, 3.63) is 120 Å². The molecule has 0 saturated heterocycles. The summed E-state index contributed by atoms with van der Waals surface area (Å²) >= 11 is 0. The molecule has 1 unspecified atom stereocenters. The molecule has 0 heterocycles. The van der Waals surface area contributed by atoms with Crippen molar-refractivity contribution in [2.75, 3.05) is 23.4 Å². The van der Waals surface area contributed by atoms with Gasteiger partial charge in [0.05, 0.1) is 17.9 Å². The Bertz CT molecular complexity index is 1550. The van der Waals surface area contributed by atoms with E-state index >= 15 is 0 Å². The zero-order valence-electron chi connectivity index (χ0n) is 25.2. The molecule has 0 fully saturated rings. The summed E-state index contributed by atoms with van der Waals surface area (Å²) in [5, 5.41) is 13.0. The Morgan fingerprint density at radius 2 is 1.50 bits per heavy atom. The van der Waals surface area contributed by atoms with Gasteiger partial charge in [-0.25, -0.2) is 9.59 Å². The standard InChI is InChI=1S/C36H38N2O6/c1-25(2)34(39)38(32-16-9-7-12-26(32)3)22-11-23-43-29-20-18-27(19-21-29)24-31(35(40)41)37-30-15-8-10-17-33(30)44-36(42)28-13-5-4-6-14-28/h4-10,12-21,25,31,37H,11,22-24H2,1-3H3,(H,40,41). The molecule has 0 aliphatic heterocycles. The number of hydrogen-bond acceptors (Lipinski definition) is 6. The molecule has 1 atom stereocenters. The summed E-state index contributed by atoms with van der Waals surface area (Å²) in [7, 11) is 0. The van der Waals surface area contributed by atoms with Crippen LogP contribution in [0.3, 0.4) is 0 Å². The minimum atomic E-state index is -1.04. The van der Waals surface area contributed by atoms with Crippen molar-refractivity contribution in [3.8, 4) is 11.5 Å². The number of carboxylic acid groups (broad SMARTS) is 1. The van der Waals surface area contributed by atoms with E-state index in [9.17, 15) is 19.5 Å². The Morgan fingerprint density at radius 3 is 2.18 bits per heavy atom. The molecule has 4 rings (SSSR count). The van der Waals surface area contributed by atoms with Crippen LogP contribution >= 0.6 is 0 Å². The topological polar surface area (TPSA) is 105 Å². The van der Waals surface area contributed by atoms with Crippen LogP contribution in [-0.2, 0) is 16.0 Å². The molecule has 0 spiro atoms. The number of aryl methyl sites for hydroxylation is 1. The van der Waals surface area contributed by atoms with Crippen molar-refractivity contribution >= 4 is 29.2 Å². The third-order valence-electron chi connectivity index (χ3n) is 7.05. The molecule has 44 heavy (non-hydrogen) atoms. The largest absolute Gasteiger partial charge is 0.494 e. The number of carboxylic acids is 1. The van der Waals surface area contributed by atoms with E-state index in [1.54, 1.807) is 54.6 Å². The van der Waals surface area contributed by atoms with Crippen molar-refractivity contribution in [1.82, 2.24) is 0 Å². The summed E-state index contributed by atoms with van der Waals surface area (Å²) in [5.41, 5.74) is 3.55. The summed E-state index contributed by atoms with van der Waals surface area (Å²) in [4.78, 5) is 39.4. The fraction of sp³-hybridized carbons (Fsp3) is 0.250. The number of ether oxygens (including phenoxy) is 2. The van der Waals surface area contributed by atoms with Crippen molar-refractivity contribution in [1.29, 1.82) is 0 Å². The van der Waals surface area contributed by atoms with E-state index < -0.39 is 18.0 Å². The molecule has 4 aromatic rings. The summed E-state index contributed by atoms with van der Waals surface area (Å²) in [5.74, 6) is -0.718. The molecule has 0 bridgehead atoms.